The van der Waals surface area contributed by atoms with Crippen LogP contribution in [0.2, 0.25) is 0 Å². The van der Waals surface area contributed by atoms with E-state index >= 15 is 0 Å². The Morgan fingerprint density at radius 2 is 1.94 bits per heavy atom. The van der Waals surface area contributed by atoms with Crippen LogP contribution in [-0.2, 0) is 9.84 Å². The molecule has 0 aromatic carbocycles. The molecule has 0 bridgehead atoms. The van der Waals surface area contributed by atoms with Crippen molar-refractivity contribution in [2.45, 2.75) is 58.4 Å². The van der Waals surface area contributed by atoms with Gasteiger partial charge in [-0.1, -0.05) is 26.7 Å². The second-order valence-electron chi connectivity index (χ2n) is 5.23. The molecular formula is C13H27NO2S. The zero-order valence-electron chi connectivity index (χ0n) is 11.2. The van der Waals surface area contributed by atoms with Crippen LogP contribution in [0.25, 0.3) is 0 Å². The largest absolute Gasteiger partial charge is 0.314 e. The summed E-state index contributed by atoms with van der Waals surface area (Å²) in [5.74, 6) is 1.36. The molecule has 0 spiro atoms. The van der Waals surface area contributed by atoms with Crippen molar-refractivity contribution >= 4 is 9.84 Å². The van der Waals surface area contributed by atoms with Crippen molar-refractivity contribution in [2.24, 2.45) is 5.92 Å². The highest BCUT2D eigenvalue weighted by Gasteiger charge is 2.22. The van der Waals surface area contributed by atoms with Gasteiger partial charge in [0.2, 0.25) is 0 Å². The van der Waals surface area contributed by atoms with E-state index in [1.807, 2.05) is 6.92 Å². The van der Waals surface area contributed by atoms with Gasteiger partial charge in [0.25, 0.3) is 0 Å². The maximum atomic E-state index is 11.7. The van der Waals surface area contributed by atoms with E-state index in [9.17, 15) is 8.42 Å². The summed E-state index contributed by atoms with van der Waals surface area (Å²) in [6.07, 6.45) is 6.48. The third kappa shape index (κ3) is 5.87. The lowest BCUT2D eigenvalue weighted by atomic mass is 9.84. The van der Waals surface area contributed by atoms with Crippen molar-refractivity contribution in [1.82, 2.24) is 5.32 Å². The van der Waals surface area contributed by atoms with Gasteiger partial charge in [0.1, 0.15) is 9.84 Å². The summed E-state index contributed by atoms with van der Waals surface area (Å²) in [7, 11) is -2.78. The normalized spacial score (nSPS) is 26.0. The molecule has 1 aliphatic carbocycles. The Balaban J connectivity index is 2.31. The Morgan fingerprint density at radius 3 is 2.59 bits per heavy atom. The molecule has 0 aromatic rings. The molecule has 17 heavy (non-hydrogen) atoms. The summed E-state index contributed by atoms with van der Waals surface area (Å²) in [6, 6.07) is 0.618. The van der Waals surface area contributed by atoms with Gasteiger partial charge in [-0.25, -0.2) is 8.42 Å². The standard InChI is InChI=1S/C13H27NO2S/c1-3-9-17(15,16)10-8-12-6-5-7-13(11-12)14-4-2/h12-14H,3-11H2,1-2H3. The minimum absolute atomic E-state index is 0.357. The van der Waals surface area contributed by atoms with Crippen LogP contribution in [0.15, 0.2) is 0 Å². The van der Waals surface area contributed by atoms with Gasteiger partial charge in [-0.05, 0) is 38.1 Å². The van der Waals surface area contributed by atoms with Crippen LogP contribution in [0.1, 0.15) is 52.4 Å². The quantitative estimate of drug-likeness (QED) is 0.765. The predicted octanol–water partition coefficient (Wildman–Crippen LogP) is 2.37. The highest BCUT2D eigenvalue weighted by atomic mass is 32.2. The molecule has 1 saturated carbocycles. The van der Waals surface area contributed by atoms with Crippen LogP contribution in [-0.4, -0.2) is 32.5 Å². The first-order valence-electron chi connectivity index (χ1n) is 7.01. The number of nitrogens with one attached hydrogen (secondary N) is 1. The summed E-state index contributed by atoms with van der Waals surface area (Å²) >= 11 is 0. The molecule has 3 nitrogen and oxygen atoms in total. The summed E-state index contributed by atoms with van der Waals surface area (Å²) in [4.78, 5) is 0. The molecule has 0 amide bonds. The van der Waals surface area contributed by atoms with E-state index in [1.54, 1.807) is 0 Å². The van der Waals surface area contributed by atoms with E-state index in [0.717, 1.165) is 25.8 Å². The second kappa shape index (κ2) is 7.37. The highest BCUT2D eigenvalue weighted by molar-refractivity contribution is 7.91. The third-order valence-corrected chi connectivity index (χ3v) is 5.52. The summed E-state index contributed by atoms with van der Waals surface area (Å²) < 4.78 is 23.3. The van der Waals surface area contributed by atoms with Crippen molar-refractivity contribution in [3.05, 3.63) is 0 Å². The van der Waals surface area contributed by atoms with Gasteiger partial charge in [-0.3, -0.25) is 0 Å². The molecular weight excluding hydrogens is 234 g/mol. The van der Waals surface area contributed by atoms with Crippen LogP contribution < -0.4 is 5.32 Å². The van der Waals surface area contributed by atoms with Crippen molar-refractivity contribution in [3.8, 4) is 0 Å². The fraction of sp³-hybridized carbons (Fsp3) is 1.00. The van der Waals surface area contributed by atoms with Crippen LogP contribution in [0.5, 0.6) is 0 Å². The molecule has 1 fully saturated rings. The van der Waals surface area contributed by atoms with E-state index in [-0.39, 0.29) is 0 Å². The minimum Gasteiger partial charge on any atom is -0.314 e. The highest BCUT2D eigenvalue weighted by Crippen LogP contribution is 2.27. The first-order valence-corrected chi connectivity index (χ1v) is 8.83. The van der Waals surface area contributed by atoms with Crippen molar-refractivity contribution < 1.29 is 8.42 Å². The van der Waals surface area contributed by atoms with Gasteiger partial charge in [-0.15, -0.1) is 0 Å². The Hall–Kier alpha value is -0.0900. The maximum Gasteiger partial charge on any atom is 0.150 e. The Bertz CT molecular complexity index is 299. The van der Waals surface area contributed by atoms with Gasteiger partial charge in [-0.2, -0.15) is 0 Å². The molecule has 2 atom stereocenters. The summed E-state index contributed by atoms with van der Waals surface area (Å²) in [5, 5.41) is 3.49. The van der Waals surface area contributed by atoms with Gasteiger partial charge in [0, 0.05) is 11.8 Å². The zero-order chi connectivity index (χ0) is 12.7. The van der Waals surface area contributed by atoms with Crippen molar-refractivity contribution in [1.29, 1.82) is 0 Å². The molecule has 1 rings (SSSR count). The van der Waals surface area contributed by atoms with Gasteiger partial charge >= 0.3 is 0 Å². The smallest absolute Gasteiger partial charge is 0.150 e. The Kier molecular flexibility index (Phi) is 6.49. The van der Waals surface area contributed by atoms with E-state index < -0.39 is 9.84 Å². The molecule has 102 valence electrons. The SMILES string of the molecule is CCCS(=O)(=O)CCC1CCCC(NCC)C1. The number of hydrogen-bond acceptors (Lipinski definition) is 3. The fourth-order valence-electron chi connectivity index (χ4n) is 2.79. The van der Waals surface area contributed by atoms with Crippen LogP contribution >= 0.6 is 0 Å². The summed E-state index contributed by atoms with van der Waals surface area (Å²) in [6.45, 7) is 5.08. The molecule has 1 aliphatic rings. The number of rotatable bonds is 7. The number of sulfone groups is 1. The first-order chi connectivity index (χ1) is 8.07. The lowest BCUT2D eigenvalue weighted by molar-refractivity contribution is 0.283. The Labute approximate surface area is 106 Å². The second-order valence-corrected chi connectivity index (χ2v) is 7.53. The average molecular weight is 261 g/mol. The van der Waals surface area contributed by atoms with Gasteiger partial charge in [0.15, 0.2) is 0 Å². The van der Waals surface area contributed by atoms with E-state index in [2.05, 4.69) is 12.2 Å². The van der Waals surface area contributed by atoms with E-state index in [1.165, 1.54) is 19.3 Å². The molecule has 0 aliphatic heterocycles. The van der Waals surface area contributed by atoms with Crippen molar-refractivity contribution in [3.63, 3.8) is 0 Å². The van der Waals surface area contributed by atoms with E-state index in [0.29, 0.717) is 23.5 Å². The lowest BCUT2D eigenvalue weighted by Gasteiger charge is -2.29. The molecule has 0 radical (unpaired) electrons. The number of hydrogen-bond donors (Lipinski definition) is 1. The van der Waals surface area contributed by atoms with E-state index in [4.69, 9.17) is 0 Å². The van der Waals surface area contributed by atoms with Gasteiger partial charge in [0.05, 0.1) is 5.75 Å². The van der Waals surface area contributed by atoms with Crippen LogP contribution in [0.4, 0.5) is 0 Å². The summed E-state index contributed by atoms with van der Waals surface area (Å²) in [5.41, 5.74) is 0. The molecule has 0 heterocycles. The fourth-order valence-corrected chi connectivity index (χ4v) is 4.31. The lowest BCUT2D eigenvalue weighted by Crippen LogP contribution is -2.34. The Morgan fingerprint density at radius 1 is 1.18 bits per heavy atom. The molecule has 1 N–H and O–H groups in total. The third-order valence-electron chi connectivity index (χ3n) is 3.63. The van der Waals surface area contributed by atoms with Crippen LogP contribution in [0.3, 0.4) is 0 Å². The molecule has 2 unspecified atom stereocenters. The van der Waals surface area contributed by atoms with Gasteiger partial charge < -0.3 is 5.32 Å². The zero-order valence-corrected chi connectivity index (χ0v) is 12.1. The molecule has 4 heteroatoms. The average Bonchev–Trinajstić information content (AvgIpc) is 2.28. The minimum atomic E-state index is -2.78. The monoisotopic (exact) mass is 261 g/mol. The maximum absolute atomic E-state index is 11.7. The van der Waals surface area contributed by atoms with Crippen molar-refractivity contribution in [2.75, 3.05) is 18.1 Å². The molecule has 0 aromatic heterocycles. The predicted molar refractivity (Wildman–Crippen MR) is 73.0 cm³/mol. The first kappa shape index (κ1) is 15.0. The topological polar surface area (TPSA) is 46.2 Å². The van der Waals surface area contributed by atoms with Crippen LogP contribution in [0, 0.1) is 5.92 Å². The molecule has 0 saturated heterocycles.